The summed E-state index contributed by atoms with van der Waals surface area (Å²) in [4.78, 5) is 0. The Morgan fingerprint density at radius 2 is 1.95 bits per heavy atom. The van der Waals surface area contributed by atoms with Crippen LogP contribution in [0.4, 0.5) is 4.39 Å². The van der Waals surface area contributed by atoms with E-state index in [0.717, 1.165) is 5.56 Å². The van der Waals surface area contributed by atoms with E-state index < -0.39 is 11.9 Å². The Balaban J connectivity index is 2.16. The third-order valence-corrected chi connectivity index (χ3v) is 3.15. The zero-order valence-electron chi connectivity index (χ0n) is 10.7. The fourth-order valence-electron chi connectivity index (χ4n) is 1.77. The van der Waals surface area contributed by atoms with Gasteiger partial charge in [-0.2, -0.15) is 0 Å². The van der Waals surface area contributed by atoms with Gasteiger partial charge in [0.2, 0.25) is 0 Å². The van der Waals surface area contributed by atoms with Crippen LogP contribution in [0.5, 0.6) is 5.75 Å². The monoisotopic (exact) mass is 295 g/mol. The molecule has 2 aromatic rings. The Morgan fingerprint density at radius 3 is 2.55 bits per heavy atom. The van der Waals surface area contributed by atoms with E-state index in [1.807, 2.05) is 30.3 Å². The molecule has 0 spiro atoms. The van der Waals surface area contributed by atoms with Crippen molar-refractivity contribution < 1.29 is 14.2 Å². The molecule has 0 bridgehead atoms. The van der Waals surface area contributed by atoms with Crippen LogP contribution in [0.3, 0.4) is 0 Å². The molecule has 0 fully saturated rings. The Bertz CT molecular complexity index is 554. The van der Waals surface area contributed by atoms with Gasteiger partial charge in [0.1, 0.15) is 6.61 Å². The summed E-state index contributed by atoms with van der Waals surface area (Å²) < 4.78 is 19.4. The second-order valence-corrected chi connectivity index (χ2v) is 4.78. The van der Waals surface area contributed by atoms with Crippen molar-refractivity contribution in [2.45, 2.75) is 12.6 Å². The maximum absolute atomic E-state index is 14.0. The van der Waals surface area contributed by atoms with Crippen molar-refractivity contribution in [3.63, 3.8) is 0 Å². The summed E-state index contributed by atoms with van der Waals surface area (Å²) in [6.07, 6.45) is 0. The largest absolute Gasteiger partial charge is 0.484 e. The average Bonchev–Trinajstić information content (AvgIpc) is 2.46. The Labute approximate surface area is 121 Å². The SMILES string of the molecule is NC(CO)c1cc(F)c(OCc2ccccc2)c(Cl)c1. The molecule has 0 radical (unpaired) electrons. The number of benzene rings is 2. The molecule has 20 heavy (non-hydrogen) atoms. The van der Waals surface area contributed by atoms with Crippen LogP contribution in [-0.2, 0) is 6.61 Å². The van der Waals surface area contributed by atoms with Gasteiger partial charge in [-0.3, -0.25) is 0 Å². The van der Waals surface area contributed by atoms with Gasteiger partial charge in [0.05, 0.1) is 17.7 Å². The number of aliphatic hydroxyl groups excluding tert-OH is 1. The second-order valence-electron chi connectivity index (χ2n) is 4.38. The molecule has 0 aliphatic rings. The fraction of sp³-hybridized carbons (Fsp3) is 0.200. The molecule has 0 saturated heterocycles. The lowest BCUT2D eigenvalue weighted by molar-refractivity contribution is 0.266. The maximum atomic E-state index is 14.0. The van der Waals surface area contributed by atoms with Crippen molar-refractivity contribution in [2.75, 3.05) is 6.61 Å². The van der Waals surface area contributed by atoms with Crippen molar-refractivity contribution in [3.8, 4) is 5.75 Å². The Morgan fingerprint density at radius 1 is 1.25 bits per heavy atom. The molecule has 0 aliphatic carbocycles. The molecule has 0 aromatic heterocycles. The minimum atomic E-state index is -0.662. The topological polar surface area (TPSA) is 55.5 Å². The van der Waals surface area contributed by atoms with E-state index in [4.69, 9.17) is 27.2 Å². The molecule has 0 aliphatic heterocycles. The zero-order valence-corrected chi connectivity index (χ0v) is 11.5. The first-order valence-corrected chi connectivity index (χ1v) is 6.51. The van der Waals surface area contributed by atoms with Gasteiger partial charge >= 0.3 is 0 Å². The van der Waals surface area contributed by atoms with Gasteiger partial charge in [-0.1, -0.05) is 41.9 Å². The summed E-state index contributed by atoms with van der Waals surface area (Å²) in [5, 5.41) is 9.11. The summed E-state index contributed by atoms with van der Waals surface area (Å²) in [5.41, 5.74) is 6.98. The Hall–Kier alpha value is -1.62. The van der Waals surface area contributed by atoms with Crippen LogP contribution in [-0.4, -0.2) is 11.7 Å². The molecular weight excluding hydrogens is 281 g/mol. The van der Waals surface area contributed by atoms with E-state index in [0.29, 0.717) is 5.56 Å². The van der Waals surface area contributed by atoms with Gasteiger partial charge in [0, 0.05) is 0 Å². The average molecular weight is 296 g/mol. The minimum Gasteiger partial charge on any atom is -0.484 e. The van der Waals surface area contributed by atoms with E-state index in [1.54, 1.807) is 0 Å². The van der Waals surface area contributed by atoms with Crippen molar-refractivity contribution in [2.24, 2.45) is 5.73 Å². The molecular formula is C15H15ClFNO2. The number of hydrogen-bond acceptors (Lipinski definition) is 3. The van der Waals surface area contributed by atoms with Crippen LogP contribution < -0.4 is 10.5 Å². The molecule has 5 heteroatoms. The van der Waals surface area contributed by atoms with Crippen LogP contribution in [0.2, 0.25) is 5.02 Å². The summed E-state index contributed by atoms with van der Waals surface area (Å²) in [5.74, 6) is -0.600. The molecule has 0 saturated carbocycles. The number of nitrogens with two attached hydrogens (primary N) is 1. The lowest BCUT2D eigenvalue weighted by atomic mass is 10.1. The minimum absolute atomic E-state index is 0.00981. The smallest absolute Gasteiger partial charge is 0.174 e. The second kappa shape index (κ2) is 6.70. The van der Waals surface area contributed by atoms with Crippen molar-refractivity contribution in [3.05, 3.63) is 64.4 Å². The molecule has 3 nitrogen and oxygen atoms in total. The first kappa shape index (κ1) is 14.8. The van der Waals surface area contributed by atoms with Crippen LogP contribution >= 0.6 is 11.6 Å². The summed E-state index contributed by atoms with van der Waals surface area (Å²) >= 11 is 6.00. The first-order valence-electron chi connectivity index (χ1n) is 6.14. The van der Waals surface area contributed by atoms with Gasteiger partial charge in [0.15, 0.2) is 11.6 Å². The van der Waals surface area contributed by atoms with Gasteiger partial charge in [0.25, 0.3) is 0 Å². The maximum Gasteiger partial charge on any atom is 0.174 e. The number of rotatable bonds is 5. The first-order chi connectivity index (χ1) is 9.61. The standard InChI is InChI=1S/C15H15ClFNO2/c16-12-6-11(14(18)8-19)7-13(17)15(12)20-9-10-4-2-1-3-5-10/h1-7,14,19H,8-9,18H2. The van der Waals surface area contributed by atoms with E-state index in [9.17, 15) is 4.39 Å². The van der Waals surface area contributed by atoms with Crippen LogP contribution in [0.25, 0.3) is 0 Å². The molecule has 1 unspecified atom stereocenters. The highest BCUT2D eigenvalue weighted by Gasteiger charge is 2.14. The fourth-order valence-corrected chi connectivity index (χ4v) is 2.04. The van der Waals surface area contributed by atoms with Gasteiger partial charge in [-0.05, 0) is 23.3 Å². The predicted octanol–water partition coefficient (Wildman–Crippen LogP) is 3.05. The number of aliphatic hydroxyl groups is 1. The third kappa shape index (κ3) is 3.48. The molecule has 3 N–H and O–H groups in total. The number of hydrogen-bond donors (Lipinski definition) is 2. The number of ether oxygens (including phenoxy) is 1. The van der Waals surface area contributed by atoms with Gasteiger partial charge < -0.3 is 15.6 Å². The van der Waals surface area contributed by atoms with Crippen LogP contribution in [0.1, 0.15) is 17.2 Å². The molecule has 0 amide bonds. The van der Waals surface area contributed by atoms with E-state index in [1.165, 1.54) is 12.1 Å². The quantitative estimate of drug-likeness (QED) is 0.891. The number of halogens is 2. The predicted molar refractivity (Wildman–Crippen MR) is 76.2 cm³/mol. The van der Waals surface area contributed by atoms with Crippen LogP contribution in [0.15, 0.2) is 42.5 Å². The highest BCUT2D eigenvalue weighted by atomic mass is 35.5. The molecule has 1 atom stereocenters. The van der Waals surface area contributed by atoms with E-state index >= 15 is 0 Å². The van der Waals surface area contributed by atoms with Gasteiger partial charge in [-0.15, -0.1) is 0 Å². The summed E-state index contributed by atoms with van der Waals surface area (Å²) in [6, 6.07) is 11.5. The molecule has 2 rings (SSSR count). The third-order valence-electron chi connectivity index (χ3n) is 2.87. The normalized spacial score (nSPS) is 12.2. The molecule has 106 valence electrons. The highest BCUT2D eigenvalue weighted by molar-refractivity contribution is 6.32. The van der Waals surface area contributed by atoms with E-state index in [-0.39, 0.29) is 24.0 Å². The summed E-state index contributed by atoms with van der Waals surface area (Å²) in [7, 11) is 0. The lowest BCUT2D eigenvalue weighted by Crippen LogP contribution is -2.15. The summed E-state index contributed by atoms with van der Waals surface area (Å²) in [6.45, 7) is -0.0527. The van der Waals surface area contributed by atoms with Gasteiger partial charge in [-0.25, -0.2) is 4.39 Å². The lowest BCUT2D eigenvalue weighted by Gasteiger charge is -2.13. The van der Waals surface area contributed by atoms with Crippen molar-refractivity contribution in [1.29, 1.82) is 0 Å². The zero-order chi connectivity index (χ0) is 14.5. The van der Waals surface area contributed by atoms with Crippen molar-refractivity contribution in [1.82, 2.24) is 0 Å². The van der Waals surface area contributed by atoms with E-state index in [2.05, 4.69) is 0 Å². The Kier molecular flexibility index (Phi) is 4.95. The molecule has 2 aromatic carbocycles. The van der Waals surface area contributed by atoms with Crippen molar-refractivity contribution >= 4 is 11.6 Å². The van der Waals surface area contributed by atoms with Crippen LogP contribution in [0, 0.1) is 5.82 Å². The highest BCUT2D eigenvalue weighted by Crippen LogP contribution is 2.31. The molecule has 0 heterocycles.